The predicted octanol–water partition coefficient (Wildman–Crippen LogP) is 2.92. The highest BCUT2D eigenvalue weighted by Crippen LogP contribution is 2.12. The van der Waals surface area contributed by atoms with Gasteiger partial charge in [-0.1, -0.05) is 22.4 Å². The van der Waals surface area contributed by atoms with Crippen LogP contribution >= 0.6 is 39.1 Å². The van der Waals surface area contributed by atoms with Crippen LogP contribution in [-0.2, 0) is 4.79 Å². The van der Waals surface area contributed by atoms with Crippen molar-refractivity contribution in [3.8, 4) is 0 Å². The van der Waals surface area contributed by atoms with E-state index in [-0.39, 0.29) is 10.1 Å². The number of carbonyl (C=O) groups excluding carboxylic acids is 1. The van der Waals surface area contributed by atoms with Crippen LogP contribution < -0.4 is 0 Å². The third-order valence-corrected chi connectivity index (χ3v) is 2.76. The van der Waals surface area contributed by atoms with E-state index in [2.05, 4.69) is 15.9 Å². The topological polar surface area (TPSA) is 17.1 Å². The summed E-state index contributed by atoms with van der Waals surface area (Å²) < 4.78 is 0. The summed E-state index contributed by atoms with van der Waals surface area (Å²) in [5.74, 6) is 0.649. The van der Waals surface area contributed by atoms with E-state index < -0.39 is 0 Å². The number of unbranched alkanes of at least 4 members (excludes halogenated alkanes) is 1. The molecule has 0 aliphatic rings. The molecule has 0 aliphatic heterocycles. The van der Waals surface area contributed by atoms with Crippen molar-refractivity contribution in [1.82, 2.24) is 0 Å². The monoisotopic (exact) mass is 246 g/mol. The Balaban J connectivity index is 3.21. The summed E-state index contributed by atoms with van der Waals surface area (Å²) in [6, 6.07) is 0. The fraction of sp³-hybridized carbons (Fsp3) is 0.833. The minimum Gasteiger partial charge on any atom is -0.280 e. The van der Waals surface area contributed by atoms with Crippen LogP contribution in [0.15, 0.2) is 0 Å². The summed E-state index contributed by atoms with van der Waals surface area (Å²) in [5.41, 5.74) is 0. The molecule has 4 heteroatoms. The lowest BCUT2D eigenvalue weighted by Gasteiger charge is -2.01. The molecule has 1 atom stereocenters. The maximum Gasteiger partial charge on any atom is 0.235 e. The highest BCUT2D eigenvalue weighted by Gasteiger charge is 2.10. The van der Waals surface area contributed by atoms with Gasteiger partial charge < -0.3 is 0 Å². The first-order valence-electron chi connectivity index (χ1n) is 3.08. The second kappa shape index (κ2) is 6.44. The molecular weight excluding hydrogens is 239 g/mol. The van der Waals surface area contributed by atoms with Gasteiger partial charge in [-0.05, 0) is 24.4 Å². The molecule has 0 rings (SSSR count). The summed E-state index contributed by atoms with van der Waals surface area (Å²) >= 11 is 13.8. The van der Waals surface area contributed by atoms with Crippen LogP contribution in [-0.4, -0.2) is 15.9 Å². The molecule has 1 unspecified atom stereocenters. The molecule has 0 N–H and O–H groups in total. The Morgan fingerprint density at radius 2 is 2.10 bits per heavy atom. The first-order chi connectivity index (χ1) is 4.68. The minimum absolute atomic E-state index is 0.197. The SMILES string of the molecule is O=C(Cl)C(Br)CCCCCl. The zero-order valence-electron chi connectivity index (χ0n) is 5.45. The Hall–Kier alpha value is 0.730. The van der Waals surface area contributed by atoms with E-state index in [0.717, 1.165) is 19.3 Å². The van der Waals surface area contributed by atoms with Crippen LogP contribution in [0.3, 0.4) is 0 Å². The van der Waals surface area contributed by atoms with Crippen LogP contribution in [0.1, 0.15) is 19.3 Å². The smallest absolute Gasteiger partial charge is 0.235 e. The van der Waals surface area contributed by atoms with Gasteiger partial charge in [0.25, 0.3) is 0 Å². The lowest BCUT2D eigenvalue weighted by Crippen LogP contribution is -2.06. The molecule has 0 saturated heterocycles. The Morgan fingerprint density at radius 3 is 2.50 bits per heavy atom. The molecule has 0 saturated carbocycles. The summed E-state index contributed by atoms with van der Waals surface area (Å²) in [5, 5.41) is -0.324. The zero-order chi connectivity index (χ0) is 7.98. The van der Waals surface area contributed by atoms with Gasteiger partial charge in [0, 0.05) is 5.88 Å². The molecule has 1 nitrogen and oxygen atoms in total. The van der Waals surface area contributed by atoms with Gasteiger partial charge in [-0.15, -0.1) is 11.6 Å². The van der Waals surface area contributed by atoms with Crippen molar-refractivity contribution in [2.24, 2.45) is 0 Å². The summed E-state index contributed by atoms with van der Waals surface area (Å²) in [6.07, 6.45) is 2.65. The van der Waals surface area contributed by atoms with Gasteiger partial charge >= 0.3 is 0 Å². The Morgan fingerprint density at radius 1 is 1.50 bits per heavy atom. The highest BCUT2D eigenvalue weighted by atomic mass is 79.9. The van der Waals surface area contributed by atoms with Crippen molar-refractivity contribution in [3.05, 3.63) is 0 Å². The van der Waals surface area contributed by atoms with Gasteiger partial charge in [-0.3, -0.25) is 4.79 Å². The molecule has 60 valence electrons. The van der Waals surface area contributed by atoms with Crippen molar-refractivity contribution < 1.29 is 4.79 Å². The molecule has 0 aromatic rings. The standard InChI is InChI=1S/C6H9BrCl2O/c7-5(6(9)10)3-1-2-4-8/h5H,1-4H2. The van der Waals surface area contributed by atoms with Crippen molar-refractivity contribution in [2.45, 2.75) is 24.1 Å². The van der Waals surface area contributed by atoms with Gasteiger partial charge in [-0.2, -0.15) is 0 Å². The van der Waals surface area contributed by atoms with Crippen molar-refractivity contribution >= 4 is 44.4 Å². The molecule has 0 spiro atoms. The summed E-state index contributed by atoms with van der Waals surface area (Å²) in [6.45, 7) is 0. The third-order valence-electron chi connectivity index (χ3n) is 1.09. The van der Waals surface area contributed by atoms with Crippen LogP contribution in [0, 0.1) is 0 Å². The van der Waals surface area contributed by atoms with Crippen molar-refractivity contribution in [1.29, 1.82) is 0 Å². The van der Waals surface area contributed by atoms with E-state index >= 15 is 0 Å². The third kappa shape index (κ3) is 5.51. The molecule has 10 heavy (non-hydrogen) atoms. The van der Waals surface area contributed by atoms with Crippen LogP contribution in [0.25, 0.3) is 0 Å². The molecule has 0 fully saturated rings. The fourth-order valence-electron chi connectivity index (χ4n) is 0.532. The van der Waals surface area contributed by atoms with Gasteiger partial charge in [0.2, 0.25) is 5.24 Å². The maximum absolute atomic E-state index is 10.4. The zero-order valence-corrected chi connectivity index (χ0v) is 8.55. The fourth-order valence-corrected chi connectivity index (χ4v) is 1.15. The second-order valence-electron chi connectivity index (χ2n) is 1.96. The van der Waals surface area contributed by atoms with E-state index in [0.29, 0.717) is 5.88 Å². The molecule has 0 amide bonds. The van der Waals surface area contributed by atoms with E-state index in [1.165, 1.54) is 0 Å². The number of halogens is 3. The Bertz CT molecular complexity index is 108. The average molecular weight is 248 g/mol. The molecule has 0 heterocycles. The summed E-state index contributed by atoms with van der Waals surface area (Å²) in [4.78, 5) is 10.2. The lowest BCUT2D eigenvalue weighted by molar-refractivity contribution is -0.111. The van der Waals surface area contributed by atoms with Gasteiger partial charge in [0.1, 0.15) is 0 Å². The molecule has 0 aliphatic carbocycles. The molecule has 0 aromatic heterocycles. The number of alkyl halides is 2. The van der Waals surface area contributed by atoms with Gasteiger partial charge in [-0.25, -0.2) is 0 Å². The molecule has 0 bridgehead atoms. The van der Waals surface area contributed by atoms with Crippen molar-refractivity contribution in [3.63, 3.8) is 0 Å². The number of carbonyl (C=O) groups is 1. The van der Waals surface area contributed by atoms with E-state index in [9.17, 15) is 4.79 Å². The average Bonchev–Trinajstić information content (AvgIpc) is 1.88. The normalized spacial score (nSPS) is 13.1. The first-order valence-corrected chi connectivity index (χ1v) is 4.90. The minimum atomic E-state index is -0.324. The van der Waals surface area contributed by atoms with E-state index in [1.807, 2.05) is 0 Å². The van der Waals surface area contributed by atoms with Crippen LogP contribution in [0.5, 0.6) is 0 Å². The highest BCUT2D eigenvalue weighted by molar-refractivity contribution is 9.10. The Kier molecular flexibility index (Phi) is 6.91. The lowest BCUT2D eigenvalue weighted by atomic mass is 10.2. The number of rotatable bonds is 5. The second-order valence-corrected chi connectivity index (χ2v) is 3.81. The first kappa shape index (κ1) is 10.7. The summed E-state index contributed by atoms with van der Waals surface area (Å²) in [7, 11) is 0. The van der Waals surface area contributed by atoms with E-state index in [1.54, 1.807) is 0 Å². The van der Waals surface area contributed by atoms with Gasteiger partial charge in [0.15, 0.2) is 0 Å². The van der Waals surface area contributed by atoms with Crippen LogP contribution in [0.2, 0.25) is 0 Å². The van der Waals surface area contributed by atoms with Crippen molar-refractivity contribution in [2.75, 3.05) is 5.88 Å². The van der Waals surface area contributed by atoms with E-state index in [4.69, 9.17) is 23.2 Å². The molecule has 0 aromatic carbocycles. The number of hydrogen-bond acceptors (Lipinski definition) is 1. The number of hydrogen-bond donors (Lipinski definition) is 0. The molecule has 0 radical (unpaired) electrons. The quantitative estimate of drug-likeness (QED) is 0.415. The van der Waals surface area contributed by atoms with Crippen LogP contribution in [0.4, 0.5) is 0 Å². The predicted molar refractivity (Wildman–Crippen MR) is 48.1 cm³/mol. The van der Waals surface area contributed by atoms with Gasteiger partial charge in [0.05, 0.1) is 4.83 Å². The Labute approximate surface area is 79.2 Å². The maximum atomic E-state index is 10.4. The molecular formula is C6H9BrCl2O. The largest absolute Gasteiger partial charge is 0.280 e.